The number of nitrogens with one attached hydrogen (secondary N) is 1. The molecule has 0 atom stereocenters. The summed E-state index contributed by atoms with van der Waals surface area (Å²) in [5, 5.41) is 2.82. The molecule has 0 aliphatic carbocycles. The van der Waals surface area contributed by atoms with Crippen LogP contribution in [0.1, 0.15) is 21.5 Å². The van der Waals surface area contributed by atoms with Crippen molar-refractivity contribution in [1.82, 2.24) is 0 Å². The number of carbonyl (C=O) groups is 2. The second kappa shape index (κ2) is 8.58. The average molecular weight is 378 g/mol. The summed E-state index contributed by atoms with van der Waals surface area (Å²) in [7, 11) is 2.67. The molecule has 2 aromatic rings. The first-order chi connectivity index (χ1) is 12.3. The van der Waals surface area contributed by atoms with Crippen molar-refractivity contribution in [3.63, 3.8) is 0 Å². The molecule has 0 radical (unpaired) electrons. The van der Waals surface area contributed by atoms with Gasteiger partial charge in [0.05, 0.1) is 24.9 Å². The first-order valence-electron chi connectivity index (χ1n) is 7.81. The lowest BCUT2D eigenvalue weighted by atomic mass is 10.1. The smallest absolute Gasteiger partial charge is 0.341 e. The summed E-state index contributed by atoms with van der Waals surface area (Å²) in [6, 6.07) is 8.44. The van der Waals surface area contributed by atoms with Gasteiger partial charge in [-0.1, -0.05) is 17.7 Å². The lowest BCUT2D eigenvalue weighted by molar-refractivity contribution is -0.118. The topological polar surface area (TPSA) is 73.9 Å². The van der Waals surface area contributed by atoms with E-state index in [4.69, 9.17) is 21.1 Å². The number of esters is 1. The molecule has 0 heterocycles. The van der Waals surface area contributed by atoms with Crippen LogP contribution in [-0.4, -0.2) is 32.7 Å². The summed E-state index contributed by atoms with van der Waals surface area (Å²) in [4.78, 5) is 23.9. The second-order valence-electron chi connectivity index (χ2n) is 5.61. The van der Waals surface area contributed by atoms with Crippen LogP contribution in [0.4, 0.5) is 5.69 Å². The Labute approximate surface area is 157 Å². The fourth-order valence-electron chi connectivity index (χ4n) is 2.23. The van der Waals surface area contributed by atoms with Crippen LogP contribution in [0.15, 0.2) is 30.3 Å². The highest BCUT2D eigenvalue weighted by Crippen LogP contribution is 2.31. The molecule has 0 aliphatic heterocycles. The molecule has 0 aromatic heterocycles. The van der Waals surface area contributed by atoms with Gasteiger partial charge in [-0.25, -0.2) is 4.79 Å². The highest BCUT2D eigenvalue weighted by Gasteiger charge is 2.17. The highest BCUT2D eigenvalue weighted by atomic mass is 35.5. The third-order valence-corrected chi connectivity index (χ3v) is 4.13. The van der Waals surface area contributed by atoms with Gasteiger partial charge >= 0.3 is 5.97 Å². The summed E-state index contributed by atoms with van der Waals surface area (Å²) in [6.45, 7) is 3.79. The lowest BCUT2D eigenvalue weighted by Gasteiger charge is -2.13. The van der Waals surface area contributed by atoms with E-state index in [1.165, 1.54) is 26.4 Å². The normalized spacial score (nSPS) is 10.2. The van der Waals surface area contributed by atoms with Crippen molar-refractivity contribution in [3.8, 4) is 11.5 Å². The molecule has 6 nitrogen and oxygen atoms in total. The Kier molecular flexibility index (Phi) is 6.46. The minimum atomic E-state index is -0.584. The first-order valence-corrected chi connectivity index (χ1v) is 8.19. The number of amides is 1. The molecule has 26 heavy (non-hydrogen) atoms. The number of rotatable bonds is 6. The maximum Gasteiger partial charge on any atom is 0.341 e. The van der Waals surface area contributed by atoms with Crippen LogP contribution in [0.3, 0.4) is 0 Å². The molecular formula is C19H20ClNO5. The zero-order valence-corrected chi connectivity index (χ0v) is 15.8. The van der Waals surface area contributed by atoms with Crippen LogP contribution in [0, 0.1) is 13.8 Å². The van der Waals surface area contributed by atoms with Gasteiger partial charge in [0.1, 0.15) is 17.1 Å². The number of ether oxygens (including phenoxy) is 3. The van der Waals surface area contributed by atoms with E-state index in [0.29, 0.717) is 11.4 Å². The Hall–Kier alpha value is -2.73. The monoisotopic (exact) mass is 377 g/mol. The van der Waals surface area contributed by atoms with E-state index in [-0.39, 0.29) is 22.9 Å². The van der Waals surface area contributed by atoms with E-state index < -0.39 is 11.9 Å². The van der Waals surface area contributed by atoms with Crippen LogP contribution in [0.2, 0.25) is 5.02 Å². The van der Waals surface area contributed by atoms with Gasteiger partial charge in [-0.15, -0.1) is 0 Å². The minimum Gasteiger partial charge on any atom is -0.496 e. The molecule has 0 saturated heterocycles. The third kappa shape index (κ3) is 4.67. The van der Waals surface area contributed by atoms with E-state index in [0.717, 1.165) is 11.1 Å². The number of methoxy groups -OCH3 is 2. The number of aryl methyl sites for hydroxylation is 2. The molecule has 0 unspecified atom stereocenters. The van der Waals surface area contributed by atoms with Crippen molar-refractivity contribution in [2.45, 2.75) is 13.8 Å². The average Bonchev–Trinajstić information content (AvgIpc) is 2.63. The molecule has 0 aliphatic rings. The Balaban J connectivity index is 2.08. The van der Waals surface area contributed by atoms with Gasteiger partial charge in [-0.3, -0.25) is 4.79 Å². The van der Waals surface area contributed by atoms with Crippen LogP contribution in [-0.2, 0) is 9.53 Å². The highest BCUT2D eigenvalue weighted by molar-refractivity contribution is 6.34. The summed E-state index contributed by atoms with van der Waals surface area (Å²) in [6.07, 6.45) is 0. The first kappa shape index (κ1) is 19.6. The van der Waals surface area contributed by atoms with E-state index >= 15 is 0 Å². The minimum absolute atomic E-state index is 0.171. The molecular weight excluding hydrogens is 358 g/mol. The van der Waals surface area contributed by atoms with Crippen molar-refractivity contribution >= 4 is 29.2 Å². The number of benzene rings is 2. The van der Waals surface area contributed by atoms with E-state index in [2.05, 4.69) is 10.1 Å². The van der Waals surface area contributed by atoms with Crippen molar-refractivity contribution < 1.29 is 23.8 Å². The fraction of sp³-hybridized carbons (Fsp3) is 0.263. The van der Waals surface area contributed by atoms with Crippen LogP contribution >= 0.6 is 11.6 Å². The van der Waals surface area contributed by atoms with Crippen molar-refractivity contribution in [2.75, 3.05) is 26.1 Å². The van der Waals surface area contributed by atoms with Gasteiger partial charge in [0.25, 0.3) is 5.91 Å². The number of anilines is 1. The molecule has 1 amide bonds. The van der Waals surface area contributed by atoms with Gasteiger partial charge in [0, 0.05) is 6.07 Å². The molecule has 2 rings (SSSR count). The molecule has 1 N–H and O–H groups in total. The summed E-state index contributed by atoms with van der Waals surface area (Å²) in [5.74, 6) is -0.128. The number of carbonyl (C=O) groups excluding carboxylic acids is 2. The molecule has 7 heteroatoms. The number of hydrogen-bond acceptors (Lipinski definition) is 5. The van der Waals surface area contributed by atoms with Crippen molar-refractivity contribution in [2.24, 2.45) is 0 Å². The van der Waals surface area contributed by atoms with Crippen LogP contribution in [0.5, 0.6) is 11.5 Å². The van der Waals surface area contributed by atoms with Gasteiger partial charge in [-0.2, -0.15) is 0 Å². The van der Waals surface area contributed by atoms with Gasteiger partial charge < -0.3 is 19.5 Å². The zero-order chi connectivity index (χ0) is 19.3. The Morgan fingerprint density at radius 2 is 1.81 bits per heavy atom. The summed E-state index contributed by atoms with van der Waals surface area (Å²) >= 11 is 6.14. The largest absolute Gasteiger partial charge is 0.496 e. The number of hydrogen-bond donors (Lipinski definition) is 1. The molecule has 138 valence electrons. The van der Waals surface area contributed by atoms with Gasteiger partial charge in [0.2, 0.25) is 0 Å². The number of halogens is 1. The SMILES string of the molecule is COC(=O)c1cc(Cl)c(NC(=O)COc2ccc(C)c(C)c2)cc1OC. The molecule has 0 bridgehead atoms. The molecule has 0 fully saturated rings. The maximum atomic E-state index is 12.1. The predicted molar refractivity (Wildman–Crippen MR) is 99.4 cm³/mol. The van der Waals surface area contributed by atoms with Crippen LogP contribution in [0.25, 0.3) is 0 Å². The Morgan fingerprint density at radius 1 is 1.08 bits per heavy atom. The van der Waals surface area contributed by atoms with E-state index in [1.54, 1.807) is 6.07 Å². The molecule has 2 aromatic carbocycles. The maximum absolute atomic E-state index is 12.1. The van der Waals surface area contributed by atoms with E-state index in [9.17, 15) is 9.59 Å². The van der Waals surface area contributed by atoms with Crippen LogP contribution < -0.4 is 14.8 Å². The Bertz CT molecular complexity index is 835. The summed E-state index contributed by atoms with van der Waals surface area (Å²) in [5.41, 5.74) is 2.70. The molecule has 0 spiro atoms. The fourth-order valence-corrected chi connectivity index (χ4v) is 2.44. The van der Waals surface area contributed by atoms with Crippen molar-refractivity contribution in [1.29, 1.82) is 0 Å². The lowest BCUT2D eigenvalue weighted by Crippen LogP contribution is -2.20. The predicted octanol–water partition coefficient (Wildman–Crippen LogP) is 3.77. The summed E-state index contributed by atoms with van der Waals surface area (Å²) < 4.78 is 15.3. The van der Waals surface area contributed by atoms with Crippen molar-refractivity contribution in [3.05, 3.63) is 52.0 Å². The van der Waals surface area contributed by atoms with E-state index in [1.807, 2.05) is 26.0 Å². The van der Waals surface area contributed by atoms with Gasteiger partial charge in [-0.05, 0) is 43.2 Å². The standard InChI is InChI=1S/C19H20ClNO5/c1-11-5-6-13(7-12(11)2)26-10-18(22)21-16-9-17(24-3)14(8-15(16)20)19(23)25-4/h5-9H,10H2,1-4H3,(H,21,22). The zero-order valence-electron chi connectivity index (χ0n) is 15.0. The third-order valence-electron chi connectivity index (χ3n) is 3.82. The van der Waals surface area contributed by atoms with Gasteiger partial charge in [0.15, 0.2) is 6.61 Å². The molecule has 0 saturated carbocycles. The Morgan fingerprint density at radius 3 is 2.42 bits per heavy atom. The quantitative estimate of drug-likeness (QED) is 0.776. The second-order valence-corrected chi connectivity index (χ2v) is 6.01.